The molecule has 1 saturated heterocycles. The molecule has 0 spiro atoms. The second-order valence-corrected chi connectivity index (χ2v) is 10.8. The van der Waals surface area contributed by atoms with Crippen LogP contribution in [0.5, 0.6) is 5.75 Å². The summed E-state index contributed by atoms with van der Waals surface area (Å²) < 4.78 is 66.8. The lowest BCUT2D eigenvalue weighted by atomic mass is 9.94. The normalized spacial score (nSPS) is 23.5. The first-order valence-corrected chi connectivity index (χ1v) is 13.4. The van der Waals surface area contributed by atoms with E-state index in [0.717, 1.165) is 10.6 Å². The zero-order valence-electron chi connectivity index (χ0n) is 23.0. The SMILES string of the molecule is CC(C)Oc1ccc(F)c(N2CCC(OCc3ccc(N4N=C(C(F)(F)F)[C@@H](C)[C@@H]4CC(=O)O)cc3)C(C)C2)c1. The van der Waals surface area contributed by atoms with Crippen molar-refractivity contribution < 1.29 is 36.9 Å². The van der Waals surface area contributed by atoms with E-state index in [-0.39, 0.29) is 23.9 Å². The number of nitrogens with zero attached hydrogens (tertiary/aromatic N) is 3. The van der Waals surface area contributed by atoms with Crippen LogP contribution in [0.25, 0.3) is 0 Å². The minimum atomic E-state index is -4.64. The van der Waals surface area contributed by atoms with Crippen LogP contribution in [0.2, 0.25) is 0 Å². The van der Waals surface area contributed by atoms with E-state index in [1.54, 1.807) is 36.4 Å². The quantitative estimate of drug-likeness (QED) is 0.362. The molecule has 4 rings (SSSR count). The van der Waals surface area contributed by atoms with Crippen molar-refractivity contribution in [1.29, 1.82) is 0 Å². The summed E-state index contributed by atoms with van der Waals surface area (Å²) >= 11 is 0. The molecule has 0 radical (unpaired) electrons. The first kappa shape index (κ1) is 29.6. The highest BCUT2D eigenvalue weighted by Gasteiger charge is 2.48. The summed E-state index contributed by atoms with van der Waals surface area (Å²) in [4.78, 5) is 13.3. The molecule has 7 nitrogen and oxygen atoms in total. The molecule has 0 aliphatic carbocycles. The molecule has 2 unspecified atom stereocenters. The van der Waals surface area contributed by atoms with Gasteiger partial charge in [-0.1, -0.05) is 26.0 Å². The van der Waals surface area contributed by atoms with E-state index in [4.69, 9.17) is 9.47 Å². The number of carboxylic acid groups (broad SMARTS) is 1. The maximum absolute atomic E-state index is 14.6. The van der Waals surface area contributed by atoms with Crippen molar-refractivity contribution in [2.75, 3.05) is 23.0 Å². The number of anilines is 2. The number of ether oxygens (including phenoxy) is 2. The van der Waals surface area contributed by atoms with Crippen LogP contribution >= 0.6 is 0 Å². The van der Waals surface area contributed by atoms with E-state index >= 15 is 0 Å². The zero-order chi connectivity index (χ0) is 29.2. The Morgan fingerprint density at radius 3 is 2.45 bits per heavy atom. The van der Waals surface area contributed by atoms with Crippen molar-refractivity contribution in [2.45, 2.75) is 71.6 Å². The molecular formula is C29H35F4N3O4. The largest absolute Gasteiger partial charge is 0.491 e. The third kappa shape index (κ3) is 6.86. The summed E-state index contributed by atoms with van der Waals surface area (Å²) in [6.07, 6.45) is -4.47. The molecule has 0 aromatic heterocycles. The number of carbonyl (C=O) groups is 1. The summed E-state index contributed by atoms with van der Waals surface area (Å²) in [6, 6.07) is 10.6. The molecule has 2 aliphatic rings. The number of hydrazone groups is 1. The molecule has 40 heavy (non-hydrogen) atoms. The summed E-state index contributed by atoms with van der Waals surface area (Å²) in [5.41, 5.74) is 0.733. The lowest BCUT2D eigenvalue weighted by molar-refractivity contribution is -0.137. The van der Waals surface area contributed by atoms with E-state index in [2.05, 4.69) is 12.0 Å². The molecule has 11 heteroatoms. The average molecular weight is 566 g/mol. The highest BCUT2D eigenvalue weighted by molar-refractivity contribution is 5.95. The monoisotopic (exact) mass is 565 g/mol. The topological polar surface area (TPSA) is 74.6 Å². The molecule has 1 N–H and O–H groups in total. The van der Waals surface area contributed by atoms with Gasteiger partial charge in [-0.3, -0.25) is 9.80 Å². The number of hydrogen-bond donors (Lipinski definition) is 1. The van der Waals surface area contributed by atoms with Crippen LogP contribution in [-0.4, -0.2) is 54.3 Å². The second kappa shape index (κ2) is 12.0. The molecule has 2 aromatic carbocycles. The highest BCUT2D eigenvalue weighted by atomic mass is 19.4. The molecule has 218 valence electrons. The van der Waals surface area contributed by atoms with Gasteiger partial charge in [0, 0.05) is 25.1 Å². The van der Waals surface area contributed by atoms with Gasteiger partial charge in [0.05, 0.1) is 42.7 Å². The van der Waals surface area contributed by atoms with Gasteiger partial charge in [-0.15, -0.1) is 0 Å². The molecule has 4 atom stereocenters. The fourth-order valence-electron chi connectivity index (χ4n) is 5.30. The fourth-order valence-corrected chi connectivity index (χ4v) is 5.30. The first-order chi connectivity index (χ1) is 18.8. The molecule has 2 aromatic rings. The van der Waals surface area contributed by atoms with Crippen LogP contribution in [0.15, 0.2) is 47.6 Å². The van der Waals surface area contributed by atoms with Crippen LogP contribution in [0.4, 0.5) is 28.9 Å². The fraction of sp³-hybridized carbons (Fsp3) is 0.517. The molecule has 0 saturated carbocycles. The van der Waals surface area contributed by atoms with Gasteiger partial charge in [-0.05, 0) is 56.0 Å². The van der Waals surface area contributed by atoms with E-state index in [0.29, 0.717) is 43.2 Å². The molecule has 2 heterocycles. The number of aliphatic carboxylic acids is 1. The number of halogens is 4. The van der Waals surface area contributed by atoms with Gasteiger partial charge in [0.25, 0.3) is 0 Å². The van der Waals surface area contributed by atoms with Crippen molar-refractivity contribution in [3.63, 3.8) is 0 Å². The predicted octanol–water partition coefficient (Wildman–Crippen LogP) is 6.26. The van der Waals surface area contributed by atoms with Crippen LogP contribution in [0.1, 0.15) is 46.1 Å². The molecule has 0 bridgehead atoms. The number of alkyl halides is 3. The van der Waals surface area contributed by atoms with E-state index in [9.17, 15) is 27.5 Å². The van der Waals surface area contributed by atoms with Crippen molar-refractivity contribution in [2.24, 2.45) is 16.9 Å². The summed E-state index contributed by atoms with van der Waals surface area (Å²) in [7, 11) is 0. The predicted molar refractivity (Wildman–Crippen MR) is 144 cm³/mol. The molecular weight excluding hydrogens is 530 g/mol. The third-order valence-electron chi connectivity index (χ3n) is 7.33. The minimum absolute atomic E-state index is 0.0133. The van der Waals surface area contributed by atoms with E-state index in [1.165, 1.54) is 13.0 Å². The Hall–Kier alpha value is -3.34. The maximum atomic E-state index is 14.6. The van der Waals surface area contributed by atoms with Gasteiger partial charge in [-0.25, -0.2) is 4.39 Å². The summed E-state index contributed by atoms with van der Waals surface area (Å²) in [5, 5.41) is 14.2. The third-order valence-corrected chi connectivity index (χ3v) is 7.33. The van der Waals surface area contributed by atoms with Gasteiger partial charge >= 0.3 is 12.1 Å². The standard InChI is InChI=1S/C29H35F4N3O4/c1-17(2)40-22-9-10-23(30)25(13-22)35-12-11-26(18(3)15-35)39-16-20-5-7-21(8-6-20)36-24(14-27(37)38)19(4)28(34-36)29(31,32)33/h5-10,13,17-19,24,26H,11-12,14-16H2,1-4H3,(H,37,38)/t18?,19-,24-,26?/m0/s1. The van der Waals surface area contributed by atoms with E-state index < -0.39 is 36.2 Å². The Kier molecular flexibility index (Phi) is 8.92. The van der Waals surface area contributed by atoms with Crippen LogP contribution in [0.3, 0.4) is 0 Å². The first-order valence-electron chi connectivity index (χ1n) is 13.4. The number of rotatable bonds is 9. The minimum Gasteiger partial charge on any atom is -0.491 e. The van der Waals surface area contributed by atoms with Crippen molar-refractivity contribution in [3.8, 4) is 5.75 Å². The van der Waals surface area contributed by atoms with Gasteiger partial charge in [-0.2, -0.15) is 18.3 Å². The highest BCUT2D eigenvalue weighted by Crippen LogP contribution is 2.37. The zero-order valence-corrected chi connectivity index (χ0v) is 23.0. The smallest absolute Gasteiger partial charge is 0.431 e. The lowest BCUT2D eigenvalue weighted by Gasteiger charge is -2.38. The Morgan fingerprint density at radius 1 is 1.15 bits per heavy atom. The van der Waals surface area contributed by atoms with Crippen LogP contribution < -0.4 is 14.6 Å². The van der Waals surface area contributed by atoms with Crippen molar-refractivity contribution in [1.82, 2.24) is 0 Å². The Morgan fingerprint density at radius 2 is 1.85 bits per heavy atom. The average Bonchev–Trinajstić information content (AvgIpc) is 3.20. The number of piperidine rings is 1. The summed E-state index contributed by atoms with van der Waals surface area (Å²) in [5.74, 6) is -1.82. The summed E-state index contributed by atoms with van der Waals surface area (Å²) in [6.45, 7) is 8.77. The second-order valence-electron chi connectivity index (χ2n) is 10.8. The van der Waals surface area contributed by atoms with Gasteiger partial charge in [0.2, 0.25) is 0 Å². The number of hydrogen-bond acceptors (Lipinski definition) is 6. The van der Waals surface area contributed by atoms with Crippen molar-refractivity contribution in [3.05, 3.63) is 53.8 Å². The molecule has 0 amide bonds. The van der Waals surface area contributed by atoms with Crippen LogP contribution in [0, 0.1) is 17.7 Å². The van der Waals surface area contributed by atoms with Crippen LogP contribution in [-0.2, 0) is 16.1 Å². The molecule has 2 aliphatic heterocycles. The maximum Gasteiger partial charge on any atom is 0.431 e. The molecule has 1 fully saturated rings. The van der Waals surface area contributed by atoms with Gasteiger partial charge < -0.3 is 19.5 Å². The lowest BCUT2D eigenvalue weighted by Crippen LogP contribution is -2.43. The van der Waals surface area contributed by atoms with E-state index in [1.807, 2.05) is 18.7 Å². The number of benzene rings is 2. The number of carboxylic acids is 1. The van der Waals surface area contributed by atoms with Gasteiger partial charge in [0.15, 0.2) is 0 Å². The Bertz CT molecular complexity index is 1220. The van der Waals surface area contributed by atoms with Gasteiger partial charge in [0.1, 0.15) is 17.3 Å². The Labute approximate surface area is 231 Å². The van der Waals surface area contributed by atoms with Crippen molar-refractivity contribution >= 4 is 23.1 Å². The Balaban J connectivity index is 1.37.